The predicted octanol–water partition coefficient (Wildman–Crippen LogP) is 2.61. The fourth-order valence-electron chi connectivity index (χ4n) is 3.17. The Morgan fingerprint density at radius 1 is 1.24 bits per heavy atom. The van der Waals surface area contributed by atoms with Gasteiger partial charge in [-0.25, -0.2) is 0 Å². The molecule has 0 amide bonds. The van der Waals surface area contributed by atoms with E-state index in [4.69, 9.17) is 4.52 Å². The van der Waals surface area contributed by atoms with Crippen LogP contribution in [0.25, 0.3) is 0 Å². The Kier molecular flexibility index (Phi) is 3.25. The number of nitrogens with zero attached hydrogens (tertiary/aromatic N) is 4. The minimum Gasteiger partial charge on any atom is -0.338 e. The summed E-state index contributed by atoms with van der Waals surface area (Å²) in [6.07, 6.45) is 6.56. The van der Waals surface area contributed by atoms with Gasteiger partial charge in [0.25, 0.3) is 0 Å². The summed E-state index contributed by atoms with van der Waals surface area (Å²) in [7, 11) is 0. The van der Waals surface area contributed by atoms with Crippen LogP contribution in [0.5, 0.6) is 0 Å². The maximum Gasteiger partial charge on any atom is 0.243 e. The van der Waals surface area contributed by atoms with E-state index >= 15 is 0 Å². The van der Waals surface area contributed by atoms with Crippen molar-refractivity contribution in [1.29, 1.82) is 0 Å². The normalized spacial score (nSPS) is 22.5. The van der Waals surface area contributed by atoms with E-state index in [0.717, 1.165) is 37.6 Å². The molecule has 2 aromatic rings. The first-order chi connectivity index (χ1) is 10.3. The second-order valence-corrected chi connectivity index (χ2v) is 6.26. The van der Waals surface area contributed by atoms with E-state index in [1.54, 1.807) is 0 Å². The molecule has 2 aromatic heterocycles. The Labute approximate surface area is 123 Å². The van der Waals surface area contributed by atoms with Crippen LogP contribution >= 0.6 is 0 Å². The van der Waals surface area contributed by atoms with Crippen molar-refractivity contribution in [1.82, 2.24) is 25.2 Å². The standard InChI is InChI=1S/C15H21N5O/c1-10(15-17-14(19-21-15)12-2-3-12)20-8-5-11(6-9-20)13-4-7-16-18-13/h4,7,10-12H,2-3,5-6,8-9H2,1H3,(H,16,18). The Morgan fingerprint density at radius 3 is 2.71 bits per heavy atom. The Hall–Kier alpha value is -1.69. The van der Waals surface area contributed by atoms with Crippen molar-refractivity contribution < 1.29 is 4.52 Å². The molecule has 3 heterocycles. The summed E-state index contributed by atoms with van der Waals surface area (Å²) < 4.78 is 5.46. The lowest BCUT2D eigenvalue weighted by atomic mass is 9.93. The Bertz CT molecular complexity index is 581. The van der Waals surface area contributed by atoms with Crippen molar-refractivity contribution in [2.24, 2.45) is 0 Å². The highest BCUT2D eigenvalue weighted by molar-refractivity contribution is 5.08. The highest BCUT2D eigenvalue weighted by atomic mass is 16.5. The minimum atomic E-state index is 0.215. The molecule has 0 aromatic carbocycles. The van der Waals surface area contributed by atoms with Crippen LogP contribution in [0.4, 0.5) is 0 Å². The van der Waals surface area contributed by atoms with E-state index in [2.05, 4.69) is 38.2 Å². The van der Waals surface area contributed by atoms with Crippen LogP contribution in [0.15, 0.2) is 16.8 Å². The van der Waals surface area contributed by atoms with Crippen LogP contribution in [0.1, 0.15) is 67.9 Å². The highest BCUT2D eigenvalue weighted by Crippen LogP contribution is 2.39. The van der Waals surface area contributed by atoms with Gasteiger partial charge in [0, 0.05) is 23.7 Å². The molecule has 112 valence electrons. The SMILES string of the molecule is CC(c1nc(C2CC2)no1)N1CCC(c2ccn[nH]2)CC1. The highest BCUT2D eigenvalue weighted by Gasteiger charge is 2.32. The van der Waals surface area contributed by atoms with E-state index in [9.17, 15) is 0 Å². The van der Waals surface area contributed by atoms with Crippen molar-refractivity contribution in [3.63, 3.8) is 0 Å². The molecule has 6 heteroatoms. The van der Waals surface area contributed by atoms with Gasteiger partial charge in [-0.3, -0.25) is 10.00 Å². The zero-order chi connectivity index (χ0) is 14.2. The maximum absolute atomic E-state index is 5.46. The lowest BCUT2D eigenvalue weighted by Crippen LogP contribution is -2.35. The predicted molar refractivity (Wildman–Crippen MR) is 76.8 cm³/mol. The van der Waals surface area contributed by atoms with E-state index in [1.807, 2.05) is 6.20 Å². The monoisotopic (exact) mass is 287 g/mol. The summed E-state index contributed by atoms with van der Waals surface area (Å²) in [6.45, 7) is 4.29. The molecule has 21 heavy (non-hydrogen) atoms. The lowest BCUT2D eigenvalue weighted by molar-refractivity contribution is 0.135. The van der Waals surface area contributed by atoms with E-state index in [1.165, 1.54) is 18.5 Å². The van der Waals surface area contributed by atoms with Gasteiger partial charge in [0.2, 0.25) is 5.89 Å². The summed E-state index contributed by atoms with van der Waals surface area (Å²) in [4.78, 5) is 7.02. The fourth-order valence-corrected chi connectivity index (χ4v) is 3.17. The quantitative estimate of drug-likeness (QED) is 0.936. The maximum atomic E-state index is 5.46. The van der Waals surface area contributed by atoms with Crippen molar-refractivity contribution in [3.05, 3.63) is 29.7 Å². The Morgan fingerprint density at radius 2 is 2.05 bits per heavy atom. The average molecular weight is 287 g/mol. The molecule has 0 radical (unpaired) electrons. The second kappa shape index (κ2) is 5.26. The Balaban J connectivity index is 1.38. The average Bonchev–Trinajstić information content (AvgIpc) is 3.05. The van der Waals surface area contributed by atoms with Gasteiger partial charge < -0.3 is 4.52 Å². The van der Waals surface area contributed by atoms with E-state index < -0.39 is 0 Å². The molecule has 1 aliphatic carbocycles. The zero-order valence-electron chi connectivity index (χ0n) is 12.3. The number of hydrogen-bond acceptors (Lipinski definition) is 5. The van der Waals surface area contributed by atoms with Crippen LogP contribution < -0.4 is 0 Å². The molecule has 1 aliphatic heterocycles. The first kappa shape index (κ1) is 13.0. The van der Waals surface area contributed by atoms with Crippen LogP contribution in [0.3, 0.4) is 0 Å². The molecule has 1 saturated heterocycles. The van der Waals surface area contributed by atoms with Gasteiger partial charge in [-0.15, -0.1) is 0 Å². The lowest BCUT2D eigenvalue weighted by Gasteiger charge is -2.34. The van der Waals surface area contributed by atoms with Gasteiger partial charge in [0.15, 0.2) is 5.82 Å². The topological polar surface area (TPSA) is 70.8 Å². The molecule has 1 atom stereocenters. The van der Waals surface area contributed by atoms with Crippen molar-refractivity contribution in [2.75, 3.05) is 13.1 Å². The number of H-pyrrole nitrogens is 1. The van der Waals surface area contributed by atoms with Gasteiger partial charge in [-0.05, 0) is 51.8 Å². The molecular weight excluding hydrogens is 266 g/mol. The molecule has 2 aliphatic rings. The molecule has 2 fully saturated rings. The van der Waals surface area contributed by atoms with Gasteiger partial charge >= 0.3 is 0 Å². The van der Waals surface area contributed by atoms with Crippen molar-refractivity contribution in [3.8, 4) is 0 Å². The minimum absolute atomic E-state index is 0.215. The van der Waals surface area contributed by atoms with Crippen molar-refractivity contribution in [2.45, 2.75) is 50.5 Å². The summed E-state index contributed by atoms with van der Waals surface area (Å²) in [5.74, 6) is 2.84. The van der Waals surface area contributed by atoms with E-state index in [0.29, 0.717) is 11.8 Å². The van der Waals surface area contributed by atoms with Crippen LogP contribution in [0.2, 0.25) is 0 Å². The second-order valence-electron chi connectivity index (χ2n) is 6.26. The van der Waals surface area contributed by atoms with Gasteiger partial charge in [-0.2, -0.15) is 10.1 Å². The fraction of sp³-hybridized carbons (Fsp3) is 0.667. The number of nitrogens with one attached hydrogen (secondary N) is 1. The molecule has 0 spiro atoms. The van der Waals surface area contributed by atoms with E-state index in [-0.39, 0.29) is 6.04 Å². The number of piperidine rings is 1. The third-order valence-corrected chi connectivity index (χ3v) is 4.80. The number of aromatic nitrogens is 4. The number of aromatic amines is 1. The van der Waals surface area contributed by atoms with Gasteiger partial charge in [-0.1, -0.05) is 5.16 Å². The molecule has 4 rings (SSSR count). The first-order valence-electron chi connectivity index (χ1n) is 7.88. The summed E-state index contributed by atoms with van der Waals surface area (Å²) in [5.41, 5.74) is 1.26. The number of rotatable bonds is 4. The van der Waals surface area contributed by atoms with Gasteiger partial charge in [0.1, 0.15) is 0 Å². The van der Waals surface area contributed by atoms with Crippen LogP contribution in [-0.2, 0) is 0 Å². The molecule has 1 saturated carbocycles. The number of hydrogen-bond donors (Lipinski definition) is 1. The summed E-state index contributed by atoms with van der Waals surface area (Å²) >= 11 is 0. The molecule has 1 unspecified atom stereocenters. The van der Waals surface area contributed by atoms with Crippen LogP contribution in [-0.4, -0.2) is 38.3 Å². The zero-order valence-corrected chi connectivity index (χ0v) is 12.3. The molecule has 0 bridgehead atoms. The van der Waals surface area contributed by atoms with Gasteiger partial charge in [0.05, 0.1) is 6.04 Å². The number of likely N-dealkylation sites (tertiary alicyclic amines) is 1. The third kappa shape index (κ3) is 2.60. The first-order valence-corrected chi connectivity index (χ1v) is 7.88. The smallest absolute Gasteiger partial charge is 0.243 e. The molecule has 6 nitrogen and oxygen atoms in total. The molecule has 1 N–H and O–H groups in total. The van der Waals surface area contributed by atoms with Crippen LogP contribution in [0, 0.1) is 0 Å². The largest absolute Gasteiger partial charge is 0.338 e. The molecular formula is C15H21N5O. The van der Waals surface area contributed by atoms with Crippen molar-refractivity contribution >= 4 is 0 Å². The summed E-state index contributed by atoms with van der Waals surface area (Å²) in [5, 5.41) is 11.3. The third-order valence-electron chi connectivity index (χ3n) is 4.80. The summed E-state index contributed by atoms with van der Waals surface area (Å²) in [6, 6.07) is 2.30.